The molecule has 0 N–H and O–H groups in total. The van der Waals surface area contributed by atoms with Crippen LogP contribution in [0.4, 0.5) is 34.1 Å². The summed E-state index contributed by atoms with van der Waals surface area (Å²) in [4.78, 5) is 4.75. The second kappa shape index (κ2) is 13.9. The fourth-order valence-corrected chi connectivity index (χ4v) is 7.80. The monoisotopic (exact) mass is 704 g/mol. The summed E-state index contributed by atoms with van der Waals surface area (Å²) in [6.07, 6.45) is 0. The van der Waals surface area contributed by atoms with E-state index in [1.54, 1.807) is 0 Å². The molecule has 0 radical (unpaired) electrons. The van der Waals surface area contributed by atoms with Crippen LogP contribution < -0.4 is 9.80 Å². The van der Waals surface area contributed by atoms with Crippen molar-refractivity contribution in [3.63, 3.8) is 0 Å². The van der Waals surface area contributed by atoms with Crippen LogP contribution in [-0.4, -0.2) is 0 Å². The second-order valence-corrected chi connectivity index (χ2v) is 13.8. The number of furan rings is 1. The first-order valence-corrected chi connectivity index (χ1v) is 18.7. The first-order valence-electron chi connectivity index (χ1n) is 18.7. The molecule has 0 fully saturated rings. The highest BCUT2D eigenvalue weighted by molar-refractivity contribution is 6.17. The van der Waals surface area contributed by atoms with Crippen LogP contribution in [0, 0.1) is 0 Å². The molecule has 3 heteroatoms. The number of hydrogen-bond donors (Lipinski definition) is 0. The molecule has 10 rings (SSSR count). The number of hydrogen-bond acceptors (Lipinski definition) is 3. The number of para-hydroxylation sites is 2. The van der Waals surface area contributed by atoms with E-state index in [9.17, 15) is 0 Å². The summed E-state index contributed by atoms with van der Waals surface area (Å²) in [5.41, 5.74) is 12.6. The standard InChI is InChI=1S/C52H36N2O/c1-5-17-37(18-6-1)40-22-15-28-44(33-40)53(42-24-9-3-10-25-42)49-35-48-47-32-31-39-21-13-14-30-46(39)52(47)55-51(48)36-50(49)54(43-26-11-4-12-27-43)45-29-16-23-41(34-45)38-19-7-2-8-20-38/h1-36H. The maximum atomic E-state index is 6.90. The molecule has 0 bridgehead atoms. The minimum Gasteiger partial charge on any atom is -0.455 e. The number of rotatable bonds is 8. The molecular formula is C52H36N2O. The van der Waals surface area contributed by atoms with E-state index in [2.05, 4.69) is 228 Å². The summed E-state index contributed by atoms with van der Waals surface area (Å²) < 4.78 is 6.90. The van der Waals surface area contributed by atoms with Gasteiger partial charge in [-0.3, -0.25) is 0 Å². The lowest BCUT2D eigenvalue weighted by Gasteiger charge is -2.33. The molecule has 3 nitrogen and oxygen atoms in total. The van der Waals surface area contributed by atoms with Crippen molar-refractivity contribution >= 4 is 66.8 Å². The lowest BCUT2D eigenvalue weighted by molar-refractivity contribution is 0.672. The van der Waals surface area contributed by atoms with Crippen molar-refractivity contribution in [1.82, 2.24) is 0 Å². The van der Waals surface area contributed by atoms with Crippen molar-refractivity contribution in [2.45, 2.75) is 0 Å². The van der Waals surface area contributed by atoms with Gasteiger partial charge in [-0.2, -0.15) is 0 Å². The maximum absolute atomic E-state index is 6.90. The van der Waals surface area contributed by atoms with Gasteiger partial charge in [0.15, 0.2) is 0 Å². The van der Waals surface area contributed by atoms with Gasteiger partial charge in [0.05, 0.1) is 11.4 Å². The van der Waals surface area contributed by atoms with Gasteiger partial charge in [-0.1, -0.05) is 152 Å². The highest BCUT2D eigenvalue weighted by atomic mass is 16.3. The number of benzene rings is 9. The molecular weight excluding hydrogens is 669 g/mol. The van der Waals surface area contributed by atoms with Gasteiger partial charge in [0.1, 0.15) is 11.2 Å². The Morgan fingerprint density at radius 1 is 0.291 bits per heavy atom. The summed E-state index contributed by atoms with van der Waals surface area (Å²) in [5, 5.41) is 4.41. The molecule has 260 valence electrons. The van der Waals surface area contributed by atoms with Crippen LogP contribution in [-0.2, 0) is 0 Å². The largest absolute Gasteiger partial charge is 0.455 e. The molecule has 10 aromatic rings. The highest BCUT2D eigenvalue weighted by Crippen LogP contribution is 2.50. The number of nitrogens with zero attached hydrogens (tertiary/aromatic N) is 2. The van der Waals surface area contributed by atoms with Crippen molar-refractivity contribution in [2.75, 3.05) is 9.80 Å². The number of anilines is 6. The molecule has 0 atom stereocenters. The van der Waals surface area contributed by atoms with Gasteiger partial charge in [0, 0.05) is 45.0 Å². The smallest absolute Gasteiger partial charge is 0.143 e. The van der Waals surface area contributed by atoms with Crippen molar-refractivity contribution in [2.24, 2.45) is 0 Å². The fourth-order valence-electron chi connectivity index (χ4n) is 7.80. The van der Waals surface area contributed by atoms with Crippen LogP contribution in [0.1, 0.15) is 0 Å². The van der Waals surface area contributed by atoms with Gasteiger partial charge in [-0.15, -0.1) is 0 Å². The highest BCUT2D eigenvalue weighted by Gasteiger charge is 2.25. The summed E-state index contributed by atoms with van der Waals surface area (Å²) in [7, 11) is 0. The summed E-state index contributed by atoms with van der Waals surface area (Å²) in [5.74, 6) is 0. The Bertz CT molecular complexity index is 2920. The molecule has 0 unspecified atom stereocenters. The van der Waals surface area contributed by atoms with E-state index >= 15 is 0 Å². The maximum Gasteiger partial charge on any atom is 0.143 e. The quantitative estimate of drug-likeness (QED) is 0.157. The second-order valence-electron chi connectivity index (χ2n) is 13.8. The van der Waals surface area contributed by atoms with Crippen LogP contribution in [0.2, 0.25) is 0 Å². The third-order valence-corrected chi connectivity index (χ3v) is 10.4. The van der Waals surface area contributed by atoms with Crippen LogP contribution in [0.15, 0.2) is 223 Å². The number of fused-ring (bicyclic) bond motifs is 5. The van der Waals surface area contributed by atoms with Gasteiger partial charge < -0.3 is 14.2 Å². The van der Waals surface area contributed by atoms with Crippen LogP contribution in [0.5, 0.6) is 0 Å². The Labute approximate surface area is 320 Å². The van der Waals surface area contributed by atoms with Gasteiger partial charge >= 0.3 is 0 Å². The van der Waals surface area contributed by atoms with Crippen molar-refractivity contribution in [3.05, 3.63) is 218 Å². The fraction of sp³-hybridized carbons (Fsp3) is 0. The lowest BCUT2D eigenvalue weighted by Crippen LogP contribution is -2.17. The molecule has 0 spiro atoms. The SMILES string of the molecule is c1ccc(-c2cccc(N(c3ccccc3)c3cc4oc5c6ccccc6ccc5c4cc3N(c3ccccc3)c3cccc(-c4ccccc4)c3)c2)cc1. The summed E-state index contributed by atoms with van der Waals surface area (Å²) in [6.45, 7) is 0. The van der Waals surface area contributed by atoms with Gasteiger partial charge in [-0.05, 0) is 88.3 Å². The average molecular weight is 705 g/mol. The normalized spacial score (nSPS) is 11.3. The van der Waals surface area contributed by atoms with E-state index in [0.717, 1.165) is 78.0 Å². The van der Waals surface area contributed by atoms with Crippen LogP contribution in [0.25, 0.3) is 55.0 Å². The third kappa shape index (κ3) is 5.98. The van der Waals surface area contributed by atoms with Crippen molar-refractivity contribution < 1.29 is 4.42 Å². The van der Waals surface area contributed by atoms with Crippen molar-refractivity contribution in [1.29, 1.82) is 0 Å². The molecule has 1 heterocycles. The van der Waals surface area contributed by atoms with Crippen LogP contribution in [0.3, 0.4) is 0 Å². The molecule has 9 aromatic carbocycles. The Kier molecular flexibility index (Phi) is 8.16. The van der Waals surface area contributed by atoms with Gasteiger partial charge in [-0.25, -0.2) is 0 Å². The van der Waals surface area contributed by atoms with Gasteiger partial charge in [0.25, 0.3) is 0 Å². The van der Waals surface area contributed by atoms with E-state index in [1.807, 2.05) is 0 Å². The van der Waals surface area contributed by atoms with E-state index in [4.69, 9.17) is 4.42 Å². The molecule has 0 saturated heterocycles. The first kappa shape index (κ1) is 32.3. The van der Waals surface area contributed by atoms with E-state index in [1.165, 1.54) is 11.1 Å². The predicted octanol–water partition coefficient (Wildman–Crippen LogP) is 15.0. The van der Waals surface area contributed by atoms with Crippen molar-refractivity contribution in [3.8, 4) is 22.3 Å². The van der Waals surface area contributed by atoms with Gasteiger partial charge in [0.2, 0.25) is 0 Å². The molecule has 0 saturated carbocycles. The molecule has 0 amide bonds. The Morgan fingerprint density at radius 3 is 1.31 bits per heavy atom. The zero-order valence-corrected chi connectivity index (χ0v) is 30.1. The lowest BCUT2D eigenvalue weighted by atomic mass is 10.0. The molecule has 0 aliphatic heterocycles. The van der Waals surface area contributed by atoms with E-state index in [0.29, 0.717) is 0 Å². The van der Waals surface area contributed by atoms with E-state index < -0.39 is 0 Å². The Balaban J connectivity index is 1.29. The third-order valence-electron chi connectivity index (χ3n) is 10.4. The summed E-state index contributed by atoms with van der Waals surface area (Å²) in [6, 6.07) is 77.6. The zero-order valence-electron chi connectivity index (χ0n) is 30.1. The Morgan fingerprint density at radius 2 is 0.745 bits per heavy atom. The minimum absolute atomic E-state index is 0.830. The topological polar surface area (TPSA) is 19.6 Å². The Hall–Kier alpha value is -7.36. The molecule has 0 aliphatic carbocycles. The molecule has 55 heavy (non-hydrogen) atoms. The molecule has 1 aromatic heterocycles. The first-order chi connectivity index (χ1) is 27.3. The van der Waals surface area contributed by atoms with Crippen LogP contribution >= 0.6 is 0 Å². The molecule has 0 aliphatic rings. The zero-order chi connectivity index (χ0) is 36.6. The summed E-state index contributed by atoms with van der Waals surface area (Å²) >= 11 is 0. The average Bonchev–Trinajstić information content (AvgIpc) is 3.63. The minimum atomic E-state index is 0.830. The van der Waals surface area contributed by atoms with E-state index in [-0.39, 0.29) is 0 Å². The predicted molar refractivity (Wildman–Crippen MR) is 231 cm³/mol.